The molecule has 0 radical (unpaired) electrons. The van der Waals surface area contributed by atoms with Gasteiger partial charge in [0.2, 0.25) is 11.9 Å². The van der Waals surface area contributed by atoms with Crippen molar-refractivity contribution in [1.29, 1.82) is 0 Å². The van der Waals surface area contributed by atoms with E-state index in [0.717, 1.165) is 44.8 Å². The minimum absolute atomic E-state index is 0.526. The first-order valence-electron chi connectivity index (χ1n) is 9.39. The first kappa shape index (κ1) is 14.7. The number of guanidine groups is 2. The normalized spacial score (nSPS) is 30.8. The Bertz CT molecular complexity index is 600. The zero-order valence-electron chi connectivity index (χ0n) is 14.2. The first-order valence-corrected chi connectivity index (χ1v) is 9.39. The lowest BCUT2D eigenvalue weighted by molar-refractivity contribution is 0.0657. The van der Waals surface area contributed by atoms with E-state index in [0.29, 0.717) is 6.04 Å². The number of morpholine rings is 1. The van der Waals surface area contributed by atoms with E-state index >= 15 is 0 Å². The zero-order chi connectivity index (χ0) is 15.9. The molecule has 7 nitrogen and oxygen atoms in total. The summed E-state index contributed by atoms with van der Waals surface area (Å²) in [5, 5.41) is 2.11. The number of fused-ring (bicyclic) bond motifs is 1. The molecule has 1 unspecified atom stereocenters. The average Bonchev–Trinajstić information content (AvgIpc) is 3.24. The maximum absolute atomic E-state index is 5.44. The third kappa shape index (κ3) is 2.50. The van der Waals surface area contributed by atoms with Crippen LogP contribution in [0.1, 0.15) is 32.1 Å². The van der Waals surface area contributed by atoms with Gasteiger partial charge in [-0.3, -0.25) is 10.3 Å². The Morgan fingerprint density at radius 1 is 1.00 bits per heavy atom. The zero-order valence-corrected chi connectivity index (χ0v) is 14.2. The van der Waals surface area contributed by atoms with Crippen LogP contribution in [0.5, 0.6) is 0 Å². The lowest BCUT2D eigenvalue weighted by Crippen LogP contribution is -2.50. The Balaban J connectivity index is 1.36. The second-order valence-corrected chi connectivity index (χ2v) is 7.28. The number of hydrogen-bond acceptors (Lipinski definition) is 7. The predicted molar refractivity (Wildman–Crippen MR) is 92.6 cm³/mol. The second kappa shape index (κ2) is 6.04. The molecule has 7 heteroatoms. The SMILES string of the molecule is C1CCN(C2CCC3=C2N=C2N=C(N4CCOCC4)NN2C3)CC1. The summed E-state index contributed by atoms with van der Waals surface area (Å²) in [6.45, 7) is 6.74. The maximum atomic E-state index is 5.44. The molecule has 2 saturated heterocycles. The molecular weight excluding hydrogens is 304 g/mol. The van der Waals surface area contributed by atoms with E-state index in [-0.39, 0.29) is 0 Å². The maximum Gasteiger partial charge on any atom is 0.248 e. The van der Waals surface area contributed by atoms with Crippen molar-refractivity contribution in [3.8, 4) is 0 Å². The number of ether oxygens (including phenoxy) is 1. The number of rotatable bonds is 1. The van der Waals surface area contributed by atoms with Crippen LogP contribution in [0.2, 0.25) is 0 Å². The number of hydrogen-bond donors (Lipinski definition) is 1. The molecule has 1 N–H and O–H groups in total. The van der Waals surface area contributed by atoms with Crippen molar-refractivity contribution in [2.75, 3.05) is 45.9 Å². The fourth-order valence-corrected chi connectivity index (χ4v) is 4.47. The van der Waals surface area contributed by atoms with E-state index in [4.69, 9.17) is 14.7 Å². The van der Waals surface area contributed by atoms with Crippen molar-refractivity contribution >= 4 is 11.9 Å². The molecule has 1 atom stereocenters. The van der Waals surface area contributed by atoms with Crippen molar-refractivity contribution in [1.82, 2.24) is 20.2 Å². The highest BCUT2D eigenvalue weighted by Gasteiger charge is 2.37. The quantitative estimate of drug-likeness (QED) is 0.769. The van der Waals surface area contributed by atoms with Crippen LogP contribution in [0.4, 0.5) is 0 Å². The molecular formula is C17H26N6O. The summed E-state index contributed by atoms with van der Waals surface area (Å²) in [4.78, 5) is 14.7. The van der Waals surface area contributed by atoms with Crippen molar-refractivity contribution in [3.63, 3.8) is 0 Å². The Morgan fingerprint density at radius 2 is 1.83 bits per heavy atom. The largest absolute Gasteiger partial charge is 0.378 e. The molecule has 4 aliphatic heterocycles. The van der Waals surface area contributed by atoms with Crippen LogP contribution in [-0.4, -0.2) is 78.7 Å². The van der Waals surface area contributed by atoms with E-state index in [1.165, 1.54) is 56.5 Å². The van der Waals surface area contributed by atoms with Gasteiger partial charge in [0.1, 0.15) is 0 Å². The van der Waals surface area contributed by atoms with E-state index in [2.05, 4.69) is 20.2 Å². The molecule has 0 amide bonds. The van der Waals surface area contributed by atoms with E-state index < -0.39 is 0 Å². The van der Waals surface area contributed by atoms with E-state index in [1.54, 1.807) is 0 Å². The third-order valence-corrected chi connectivity index (χ3v) is 5.79. The summed E-state index contributed by atoms with van der Waals surface area (Å²) in [7, 11) is 0. The first-order chi connectivity index (χ1) is 11.9. The van der Waals surface area contributed by atoms with Crippen molar-refractivity contribution < 1.29 is 4.74 Å². The van der Waals surface area contributed by atoms with Gasteiger partial charge in [0, 0.05) is 13.1 Å². The minimum Gasteiger partial charge on any atom is -0.378 e. The number of nitrogens with zero attached hydrogens (tertiary/aromatic N) is 5. The fourth-order valence-electron chi connectivity index (χ4n) is 4.47. The summed E-state index contributed by atoms with van der Waals surface area (Å²) in [6.07, 6.45) is 6.47. The van der Waals surface area contributed by atoms with Gasteiger partial charge in [0.25, 0.3) is 0 Å². The standard InChI is InChI=1S/C17H26N6O/c1-2-6-21(7-3-1)14-5-4-13-12-23-16(18-15(13)14)19-17(20-23)22-8-10-24-11-9-22/h14H,1-12H2,(H,18,19,20). The van der Waals surface area contributed by atoms with Crippen LogP contribution in [0.3, 0.4) is 0 Å². The molecule has 0 aromatic carbocycles. The van der Waals surface area contributed by atoms with Gasteiger partial charge in [-0.25, -0.2) is 10.0 Å². The molecule has 0 aromatic heterocycles. The smallest absolute Gasteiger partial charge is 0.248 e. The number of piperidine rings is 1. The van der Waals surface area contributed by atoms with Gasteiger partial charge in [-0.15, -0.1) is 0 Å². The topological polar surface area (TPSA) is 55.7 Å². The highest BCUT2D eigenvalue weighted by atomic mass is 16.5. The molecule has 4 heterocycles. The van der Waals surface area contributed by atoms with Crippen LogP contribution >= 0.6 is 0 Å². The van der Waals surface area contributed by atoms with Gasteiger partial charge in [-0.05, 0) is 44.3 Å². The van der Waals surface area contributed by atoms with Crippen molar-refractivity contribution in [2.24, 2.45) is 9.98 Å². The molecule has 2 fully saturated rings. The molecule has 0 bridgehead atoms. The van der Waals surface area contributed by atoms with Crippen LogP contribution in [0.25, 0.3) is 0 Å². The average molecular weight is 330 g/mol. The molecule has 130 valence electrons. The van der Waals surface area contributed by atoms with Gasteiger partial charge in [0.05, 0.1) is 31.5 Å². The number of likely N-dealkylation sites (tertiary alicyclic amines) is 1. The van der Waals surface area contributed by atoms with Crippen molar-refractivity contribution in [2.45, 2.75) is 38.1 Å². The Kier molecular flexibility index (Phi) is 3.70. The van der Waals surface area contributed by atoms with Crippen molar-refractivity contribution in [3.05, 3.63) is 11.3 Å². The van der Waals surface area contributed by atoms with Gasteiger partial charge in [-0.2, -0.15) is 4.99 Å². The van der Waals surface area contributed by atoms with E-state index in [9.17, 15) is 0 Å². The Hall–Kier alpha value is -1.60. The van der Waals surface area contributed by atoms with Gasteiger partial charge < -0.3 is 9.64 Å². The summed E-state index contributed by atoms with van der Waals surface area (Å²) in [5.41, 5.74) is 6.26. The molecule has 5 rings (SSSR count). The van der Waals surface area contributed by atoms with E-state index in [1.807, 2.05) is 0 Å². The second-order valence-electron chi connectivity index (χ2n) is 7.28. The van der Waals surface area contributed by atoms with Gasteiger partial charge in [-0.1, -0.05) is 6.42 Å². The predicted octanol–water partition coefficient (Wildman–Crippen LogP) is 0.767. The number of nitrogens with one attached hydrogen (secondary N) is 1. The van der Waals surface area contributed by atoms with Gasteiger partial charge in [0.15, 0.2) is 0 Å². The van der Waals surface area contributed by atoms with Crippen LogP contribution in [0.15, 0.2) is 21.3 Å². The Morgan fingerprint density at radius 3 is 2.67 bits per heavy atom. The lowest BCUT2D eigenvalue weighted by atomic mass is 10.1. The molecule has 0 spiro atoms. The molecule has 1 aliphatic carbocycles. The summed E-state index contributed by atoms with van der Waals surface area (Å²) in [5.74, 6) is 1.78. The summed E-state index contributed by atoms with van der Waals surface area (Å²) < 4.78 is 5.44. The lowest BCUT2D eigenvalue weighted by Gasteiger charge is -2.34. The highest BCUT2D eigenvalue weighted by Crippen LogP contribution is 2.36. The van der Waals surface area contributed by atoms with Crippen LogP contribution < -0.4 is 5.43 Å². The number of aliphatic imine (C=N–C) groups is 2. The molecule has 0 saturated carbocycles. The third-order valence-electron chi connectivity index (χ3n) is 5.79. The Labute approximate surface area is 143 Å². The highest BCUT2D eigenvalue weighted by molar-refractivity contribution is 6.01. The molecule has 5 aliphatic rings. The number of hydrazine groups is 1. The van der Waals surface area contributed by atoms with Crippen LogP contribution in [-0.2, 0) is 4.74 Å². The molecule has 24 heavy (non-hydrogen) atoms. The summed E-state index contributed by atoms with van der Waals surface area (Å²) >= 11 is 0. The van der Waals surface area contributed by atoms with Crippen LogP contribution in [0, 0.1) is 0 Å². The fraction of sp³-hybridized carbons (Fsp3) is 0.765. The molecule has 0 aromatic rings. The summed E-state index contributed by atoms with van der Waals surface area (Å²) in [6, 6.07) is 0.526. The minimum atomic E-state index is 0.526. The van der Waals surface area contributed by atoms with Gasteiger partial charge >= 0.3 is 0 Å². The monoisotopic (exact) mass is 330 g/mol.